The third kappa shape index (κ3) is 1.73. The monoisotopic (exact) mass is 230 g/mol. The summed E-state index contributed by atoms with van der Waals surface area (Å²) in [6.07, 6.45) is 1.93. The Morgan fingerprint density at radius 1 is 1.29 bits per heavy atom. The van der Waals surface area contributed by atoms with Gasteiger partial charge in [0.05, 0.1) is 0 Å². The van der Waals surface area contributed by atoms with Gasteiger partial charge in [0, 0.05) is 11.5 Å². The average Bonchev–Trinajstić information content (AvgIpc) is 2.82. The number of aromatic nitrogens is 2. The van der Waals surface area contributed by atoms with Gasteiger partial charge < -0.3 is 0 Å². The molecule has 1 saturated carbocycles. The van der Waals surface area contributed by atoms with Crippen LogP contribution in [0.25, 0.3) is 0 Å². The predicted octanol–water partition coefficient (Wildman–Crippen LogP) is 3.47. The molecule has 2 unspecified atom stereocenters. The van der Waals surface area contributed by atoms with Gasteiger partial charge in [-0.2, -0.15) is 0 Å². The van der Waals surface area contributed by atoms with E-state index in [1.165, 1.54) is 0 Å². The molecule has 1 aromatic rings. The lowest BCUT2D eigenvalue weighted by Crippen LogP contribution is -1.99. The Hall–Kier alpha value is -0.340. The smallest absolute Gasteiger partial charge is 0.137 e. The second-order valence-electron chi connectivity index (χ2n) is 3.82. The maximum Gasteiger partial charge on any atom is 0.137 e. The Labute approximate surface area is 93.7 Å². The fraction of sp³-hybridized carbons (Fsp3) is 0.600. The van der Waals surface area contributed by atoms with Gasteiger partial charge in [-0.1, -0.05) is 37.0 Å². The minimum Gasteiger partial charge on any atom is -0.221 e. The molecule has 0 aliphatic heterocycles. The first-order valence-corrected chi connectivity index (χ1v) is 5.60. The minimum atomic E-state index is 0.468. The van der Waals surface area contributed by atoms with Gasteiger partial charge in [-0.3, -0.25) is 0 Å². The van der Waals surface area contributed by atoms with Crippen molar-refractivity contribution >= 4 is 23.2 Å². The highest BCUT2D eigenvalue weighted by Crippen LogP contribution is 2.46. The first-order valence-electron chi connectivity index (χ1n) is 4.85. The van der Waals surface area contributed by atoms with E-state index in [1.807, 2.05) is 6.92 Å². The summed E-state index contributed by atoms with van der Waals surface area (Å²) in [5.41, 5.74) is 0.852. The van der Waals surface area contributed by atoms with Gasteiger partial charge in [0.1, 0.15) is 16.1 Å². The lowest BCUT2D eigenvalue weighted by molar-refractivity contribution is 0.834. The zero-order valence-electron chi connectivity index (χ0n) is 8.22. The molecular weight excluding hydrogens is 219 g/mol. The van der Waals surface area contributed by atoms with Crippen molar-refractivity contribution in [3.8, 4) is 0 Å². The van der Waals surface area contributed by atoms with Crippen LogP contribution in [-0.2, 0) is 6.42 Å². The first-order chi connectivity index (χ1) is 6.63. The van der Waals surface area contributed by atoms with Gasteiger partial charge in [-0.25, -0.2) is 9.97 Å². The fourth-order valence-corrected chi connectivity index (χ4v) is 2.25. The van der Waals surface area contributed by atoms with E-state index in [0.29, 0.717) is 22.1 Å². The van der Waals surface area contributed by atoms with Crippen molar-refractivity contribution in [2.45, 2.75) is 32.6 Å². The minimum absolute atomic E-state index is 0.468. The van der Waals surface area contributed by atoms with E-state index >= 15 is 0 Å². The molecule has 0 radical (unpaired) electrons. The SMILES string of the molecule is CCc1c(Cl)nc(C2CC2C)nc1Cl. The lowest BCUT2D eigenvalue weighted by atomic mass is 10.2. The van der Waals surface area contributed by atoms with Crippen molar-refractivity contribution in [2.75, 3.05) is 0 Å². The lowest BCUT2D eigenvalue weighted by Gasteiger charge is -2.05. The van der Waals surface area contributed by atoms with Crippen LogP contribution in [0.1, 0.15) is 37.6 Å². The molecular formula is C10H12Cl2N2. The second-order valence-corrected chi connectivity index (χ2v) is 4.53. The van der Waals surface area contributed by atoms with E-state index in [0.717, 1.165) is 24.2 Å². The molecule has 0 bridgehead atoms. The van der Waals surface area contributed by atoms with E-state index in [1.54, 1.807) is 0 Å². The van der Waals surface area contributed by atoms with Crippen molar-refractivity contribution in [3.05, 3.63) is 21.7 Å². The zero-order chi connectivity index (χ0) is 10.3. The molecule has 0 spiro atoms. The summed E-state index contributed by atoms with van der Waals surface area (Å²) in [5, 5.41) is 1.03. The van der Waals surface area contributed by atoms with Crippen LogP contribution in [0.3, 0.4) is 0 Å². The fourth-order valence-electron chi connectivity index (χ4n) is 1.59. The normalized spacial score (nSPS) is 25.1. The van der Waals surface area contributed by atoms with Gasteiger partial charge >= 0.3 is 0 Å². The van der Waals surface area contributed by atoms with Crippen LogP contribution in [0.4, 0.5) is 0 Å². The van der Waals surface area contributed by atoms with Crippen molar-refractivity contribution in [3.63, 3.8) is 0 Å². The largest absolute Gasteiger partial charge is 0.221 e. The number of hydrogen-bond acceptors (Lipinski definition) is 2. The van der Waals surface area contributed by atoms with E-state index in [4.69, 9.17) is 23.2 Å². The molecule has 76 valence electrons. The molecule has 0 aromatic carbocycles. The molecule has 2 nitrogen and oxygen atoms in total. The summed E-state index contributed by atoms with van der Waals surface area (Å²) in [6, 6.07) is 0. The highest BCUT2D eigenvalue weighted by atomic mass is 35.5. The topological polar surface area (TPSA) is 25.8 Å². The van der Waals surface area contributed by atoms with Crippen LogP contribution in [-0.4, -0.2) is 9.97 Å². The van der Waals surface area contributed by atoms with Crippen LogP contribution in [0.5, 0.6) is 0 Å². The Kier molecular flexibility index (Phi) is 2.67. The van der Waals surface area contributed by atoms with E-state index in [2.05, 4.69) is 16.9 Å². The molecule has 0 N–H and O–H groups in total. The van der Waals surface area contributed by atoms with Crippen molar-refractivity contribution in [2.24, 2.45) is 5.92 Å². The maximum atomic E-state index is 6.02. The molecule has 2 atom stereocenters. The van der Waals surface area contributed by atoms with Gasteiger partial charge in [-0.05, 0) is 18.8 Å². The van der Waals surface area contributed by atoms with Crippen LogP contribution in [0.15, 0.2) is 0 Å². The molecule has 0 saturated heterocycles. The summed E-state index contributed by atoms with van der Waals surface area (Å²) in [5.74, 6) is 1.95. The van der Waals surface area contributed by atoms with Gasteiger partial charge in [-0.15, -0.1) is 0 Å². The third-order valence-corrected chi connectivity index (χ3v) is 3.34. The highest BCUT2D eigenvalue weighted by Gasteiger charge is 2.37. The van der Waals surface area contributed by atoms with Crippen LogP contribution in [0.2, 0.25) is 10.3 Å². The molecule has 1 aliphatic rings. The molecule has 2 rings (SSSR count). The first kappa shape index (κ1) is 10.2. The summed E-state index contributed by atoms with van der Waals surface area (Å²) < 4.78 is 0. The second kappa shape index (κ2) is 3.67. The summed E-state index contributed by atoms with van der Waals surface area (Å²) in [6.45, 7) is 4.18. The summed E-state index contributed by atoms with van der Waals surface area (Å²) >= 11 is 12.0. The molecule has 1 aliphatic carbocycles. The standard InChI is InChI=1S/C10H12Cl2N2/c1-3-6-8(11)13-10(14-9(6)12)7-4-5(7)2/h5,7H,3-4H2,1-2H3. The molecule has 1 aromatic heterocycles. The Bertz CT molecular complexity index is 342. The van der Waals surface area contributed by atoms with Gasteiger partial charge in [0.25, 0.3) is 0 Å². The van der Waals surface area contributed by atoms with Gasteiger partial charge in [0.15, 0.2) is 0 Å². The Morgan fingerprint density at radius 3 is 2.14 bits per heavy atom. The quantitative estimate of drug-likeness (QED) is 0.728. The van der Waals surface area contributed by atoms with Crippen LogP contribution < -0.4 is 0 Å². The Balaban J connectivity index is 2.37. The zero-order valence-corrected chi connectivity index (χ0v) is 9.73. The van der Waals surface area contributed by atoms with E-state index in [-0.39, 0.29) is 0 Å². The van der Waals surface area contributed by atoms with E-state index in [9.17, 15) is 0 Å². The predicted molar refractivity (Wildman–Crippen MR) is 58.0 cm³/mol. The van der Waals surface area contributed by atoms with Crippen LogP contribution in [0, 0.1) is 5.92 Å². The van der Waals surface area contributed by atoms with Crippen LogP contribution >= 0.6 is 23.2 Å². The van der Waals surface area contributed by atoms with E-state index < -0.39 is 0 Å². The Morgan fingerprint density at radius 2 is 1.79 bits per heavy atom. The highest BCUT2D eigenvalue weighted by molar-refractivity contribution is 6.34. The third-order valence-electron chi connectivity index (χ3n) is 2.72. The average molecular weight is 231 g/mol. The van der Waals surface area contributed by atoms with Crippen molar-refractivity contribution in [1.29, 1.82) is 0 Å². The molecule has 1 fully saturated rings. The molecule has 0 amide bonds. The summed E-state index contributed by atoms with van der Waals surface area (Å²) in [7, 11) is 0. The molecule has 4 heteroatoms. The number of rotatable bonds is 2. The maximum absolute atomic E-state index is 6.02. The number of hydrogen-bond donors (Lipinski definition) is 0. The number of halogens is 2. The van der Waals surface area contributed by atoms with Gasteiger partial charge in [0.2, 0.25) is 0 Å². The van der Waals surface area contributed by atoms with Crippen molar-refractivity contribution in [1.82, 2.24) is 9.97 Å². The molecule has 1 heterocycles. The molecule has 14 heavy (non-hydrogen) atoms. The summed E-state index contributed by atoms with van der Waals surface area (Å²) in [4.78, 5) is 8.57. The van der Waals surface area contributed by atoms with Crippen molar-refractivity contribution < 1.29 is 0 Å². The number of nitrogens with zero attached hydrogens (tertiary/aromatic N) is 2.